The topological polar surface area (TPSA) is 21.3 Å². The Bertz CT molecular complexity index is 372. The largest absolute Gasteiger partial charge is 0.496 e. The molecule has 0 spiro atoms. The van der Waals surface area contributed by atoms with E-state index in [9.17, 15) is 0 Å². The lowest BCUT2D eigenvalue weighted by Crippen LogP contribution is -2.26. The van der Waals surface area contributed by atoms with Crippen LogP contribution in [0.4, 0.5) is 0 Å². The zero-order chi connectivity index (χ0) is 14.3. The predicted octanol–water partition coefficient (Wildman–Crippen LogP) is 4.13. The fraction of sp³-hybridized carbons (Fsp3) is 0.647. The van der Waals surface area contributed by atoms with Crippen molar-refractivity contribution in [3.8, 4) is 5.75 Å². The summed E-state index contributed by atoms with van der Waals surface area (Å²) in [5.74, 6) is 2.26. The van der Waals surface area contributed by atoms with Crippen molar-refractivity contribution >= 4 is 0 Å². The number of benzene rings is 1. The van der Waals surface area contributed by atoms with Crippen LogP contribution in [-0.4, -0.2) is 20.2 Å². The molecule has 0 aromatic heterocycles. The zero-order valence-corrected chi connectivity index (χ0v) is 13.1. The van der Waals surface area contributed by atoms with E-state index < -0.39 is 0 Å². The van der Waals surface area contributed by atoms with Crippen molar-refractivity contribution in [3.05, 3.63) is 29.3 Å². The van der Waals surface area contributed by atoms with Crippen LogP contribution in [0.2, 0.25) is 0 Å². The molecular weight excluding hydrogens is 234 g/mol. The van der Waals surface area contributed by atoms with Gasteiger partial charge in [-0.15, -0.1) is 0 Å². The second-order valence-corrected chi connectivity index (χ2v) is 5.24. The molecule has 0 saturated carbocycles. The second-order valence-electron chi connectivity index (χ2n) is 5.24. The molecule has 19 heavy (non-hydrogen) atoms. The molecule has 2 nitrogen and oxygen atoms in total. The molecule has 0 aliphatic rings. The molecule has 0 amide bonds. The summed E-state index contributed by atoms with van der Waals surface area (Å²) in [6.07, 6.45) is 2.42. The molecule has 1 unspecified atom stereocenters. The highest BCUT2D eigenvalue weighted by Gasteiger charge is 2.23. The van der Waals surface area contributed by atoms with Crippen molar-refractivity contribution in [3.63, 3.8) is 0 Å². The van der Waals surface area contributed by atoms with Crippen LogP contribution in [0.1, 0.15) is 50.7 Å². The molecule has 2 heteroatoms. The Morgan fingerprint density at radius 3 is 2.37 bits per heavy atom. The Morgan fingerprint density at radius 1 is 1.16 bits per heavy atom. The van der Waals surface area contributed by atoms with Crippen LogP contribution in [0.3, 0.4) is 0 Å². The first-order chi connectivity index (χ1) is 9.17. The Morgan fingerprint density at radius 2 is 1.84 bits per heavy atom. The zero-order valence-electron chi connectivity index (χ0n) is 13.1. The average Bonchev–Trinajstić information content (AvgIpc) is 2.43. The average molecular weight is 263 g/mol. The van der Waals surface area contributed by atoms with Crippen LogP contribution in [-0.2, 0) is 0 Å². The van der Waals surface area contributed by atoms with Gasteiger partial charge in [-0.25, -0.2) is 0 Å². The minimum absolute atomic E-state index is 0.532. The van der Waals surface area contributed by atoms with Gasteiger partial charge >= 0.3 is 0 Å². The molecule has 0 radical (unpaired) electrons. The van der Waals surface area contributed by atoms with Crippen molar-refractivity contribution in [2.45, 2.75) is 46.5 Å². The van der Waals surface area contributed by atoms with Crippen molar-refractivity contribution in [1.29, 1.82) is 0 Å². The first-order valence-electron chi connectivity index (χ1n) is 7.53. The van der Waals surface area contributed by atoms with Crippen molar-refractivity contribution < 1.29 is 4.74 Å². The summed E-state index contributed by atoms with van der Waals surface area (Å²) in [5, 5.41) is 3.51. The third-order valence-corrected chi connectivity index (χ3v) is 4.02. The minimum Gasteiger partial charge on any atom is -0.496 e. The van der Waals surface area contributed by atoms with Gasteiger partial charge < -0.3 is 10.1 Å². The maximum atomic E-state index is 5.57. The maximum Gasteiger partial charge on any atom is 0.122 e. The number of aryl methyl sites for hydroxylation is 1. The van der Waals surface area contributed by atoms with Crippen LogP contribution in [0.25, 0.3) is 0 Å². The molecular formula is C17H29NO. The predicted molar refractivity (Wildman–Crippen MR) is 83.1 cm³/mol. The van der Waals surface area contributed by atoms with Gasteiger partial charge in [-0.2, -0.15) is 0 Å². The fourth-order valence-corrected chi connectivity index (χ4v) is 2.83. The van der Waals surface area contributed by atoms with E-state index in [0.717, 1.165) is 18.8 Å². The van der Waals surface area contributed by atoms with Gasteiger partial charge in [0.2, 0.25) is 0 Å². The molecule has 0 heterocycles. The van der Waals surface area contributed by atoms with E-state index in [1.807, 2.05) is 0 Å². The first-order valence-corrected chi connectivity index (χ1v) is 7.53. The normalized spacial score (nSPS) is 12.7. The molecule has 0 saturated heterocycles. The quantitative estimate of drug-likeness (QED) is 0.761. The molecule has 0 fully saturated rings. The lowest BCUT2D eigenvalue weighted by molar-refractivity contribution is 0.357. The molecule has 0 aliphatic heterocycles. The number of rotatable bonds is 8. The highest BCUT2D eigenvalue weighted by Crippen LogP contribution is 2.35. The van der Waals surface area contributed by atoms with Gasteiger partial charge in [0, 0.05) is 12.5 Å². The molecule has 1 atom stereocenters. The summed E-state index contributed by atoms with van der Waals surface area (Å²) < 4.78 is 5.57. The van der Waals surface area contributed by atoms with Crippen LogP contribution in [0.15, 0.2) is 18.2 Å². The van der Waals surface area contributed by atoms with Gasteiger partial charge in [0.1, 0.15) is 5.75 Å². The Balaban J connectivity index is 3.10. The van der Waals surface area contributed by atoms with Gasteiger partial charge in [-0.1, -0.05) is 51.3 Å². The number of methoxy groups -OCH3 is 1. The standard InChI is InChI=1S/C17H29NO/c1-6-14(7-2)16(12-18-8-3)15-11-13(4)9-10-17(15)19-5/h9-11,14,16,18H,6-8,12H2,1-5H3. The number of likely N-dealkylation sites (N-methyl/N-ethyl adjacent to an activating group) is 1. The molecule has 0 aliphatic carbocycles. The van der Waals surface area contributed by atoms with E-state index in [1.54, 1.807) is 7.11 Å². The second kappa shape index (κ2) is 8.21. The van der Waals surface area contributed by atoms with Gasteiger partial charge in [0.25, 0.3) is 0 Å². The van der Waals surface area contributed by atoms with E-state index in [-0.39, 0.29) is 0 Å². The monoisotopic (exact) mass is 263 g/mol. The van der Waals surface area contributed by atoms with Gasteiger partial charge in [0.15, 0.2) is 0 Å². The van der Waals surface area contributed by atoms with Crippen molar-refractivity contribution in [1.82, 2.24) is 5.32 Å². The maximum absolute atomic E-state index is 5.57. The number of hydrogen-bond donors (Lipinski definition) is 1. The first kappa shape index (κ1) is 16.0. The summed E-state index contributed by atoms with van der Waals surface area (Å²) >= 11 is 0. The van der Waals surface area contributed by atoms with E-state index in [0.29, 0.717) is 11.8 Å². The highest BCUT2D eigenvalue weighted by atomic mass is 16.5. The minimum atomic E-state index is 0.532. The van der Waals surface area contributed by atoms with E-state index in [2.05, 4.69) is 51.2 Å². The summed E-state index contributed by atoms with van der Waals surface area (Å²) in [6, 6.07) is 6.52. The third-order valence-electron chi connectivity index (χ3n) is 4.02. The molecule has 0 bridgehead atoms. The number of hydrogen-bond acceptors (Lipinski definition) is 2. The lowest BCUT2D eigenvalue weighted by Gasteiger charge is -2.28. The lowest BCUT2D eigenvalue weighted by atomic mass is 9.81. The summed E-state index contributed by atoms with van der Waals surface area (Å²) in [5.41, 5.74) is 2.67. The van der Waals surface area contributed by atoms with Crippen LogP contribution in [0, 0.1) is 12.8 Å². The number of nitrogens with one attached hydrogen (secondary N) is 1. The Hall–Kier alpha value is -1.02. The smallest absolute Gasteiger partial charge is 0.122 e. The van der Waals surface area contributed by atoms with E-state index >= 15 is 0 Å². The Kier molecular flexibility index (Phi) is 6.93. The van der Waals surface area contributed by atoms with Gasteiger partial charge in [0.05, 0.1) is 7.11 Å². The molecule has 1 aromatic carbocycles. The van der Waals surface area contributed by atoms with Crippen LogP contribution in [0.5, 0.6) is 5.75 Å². The number of ether oxygens (including phenoxy) is 1. The van der Waals surface area contributed by atoms with Crippen LogP contribution >= 0.6 is 0 Å². The molecule has 108 valence electrons. The molecule has 1 aromatic rings. The summed E-state index contributed by atoms with van der Waals surface area (Å²) in [6.45, 7) is 10.9. The molecule has 1 rings (SSSR count). The molecule has 1 N–H and O–H groups in total. The van der Waals surface area contributed by atoms with Gasteiger partial charge in [-0.05, 0) is 31.0 Å². The van der Waals surface area contributed by atoms with Crippen LogP contribution < -0.4 is 10.1 Å². The van der Waals surface area contributed by atoms with E-state index in [1.165, 1.54) is 24.0 Å². The van der Waals surface area contributed by atoms with Gasteiger partial charge in [-0.3, -0.25) is 0 Å². The summed E-state index contributed by atoms with van der Waals surface area (Å²) in [7, 11) is 1.77. The van der Waals surface area contributed by atoms with Crippen molar-refractivity contribution in [2.24, 2.45) is 5.92 Å². The highest BCUT2D eigenvalue weighted by molar-refractivity contribution is 5.40. The SMILES string of the molecule is CCNCC(c1cc(C)ccc1OC)C(CC)CC. The summed E-state index contributed by atoms with van der Waals surface area (Å²) in [4.78, 5) is 0. The van der Waals surface area contributed by atoms with Crippen molar-refractivity contribution in [2.75, 3.05) is 20.2 Å². The Labute approximate surface area is 118 Å². The fourth-order valence-electron chi connectivity index (χ4n) is 2.83. The van der Waals surface area contributed by atoms with E-state index in [4.69, 9.17) is 4.74 Å². The third kappa shape index (κ3) is 4.24.